The van der Waals surface area contributed by atoms with E-state index in [0.29, 0.717) is 12.6 Å². The minimum Gasteiger partial charge on any atom is -0.338 e. The summed E-state index contributed by atoms with van der Waals surface area (Å²) >= 11 is 0. The Kier molecular flexibility index (Phi) is 4.53. The minimum absolute atomic E-state index is 0.489. The van der Waals surface area contributed by atoms with Gasteiger partial charge in [0.15, 0.2) is 0 Å². The normalized spacial score (nSPS) is 20.2. The fraction of sp³-hybridized carbons (Fsp3) is 0.714. The molecule has 0 amide bonds. The molecular weight excluding hydrogens is 224 g/mol. The van der Waals surface area contributed by atoms with Crippen LogP contribution in [0.5, 0.6) is 0 Å². The van der Waals surface area contributed by atoms with Crippen molar-refractivity contribution in [1.29, 1.82) is 0 Å². The summed E-state index contributed by atoms with van der Waals surface area (Å²) in [4.78, 5) is 11.6. The van der Waals surface area contributed by atoms with Crippen molar-refractivity contribution >= 4 is 5.95 Å². The lowest BCUT2D eigenvalue weighted by atomic mass is 9.99. The van der Waals surface area contributed by atoms with Gasteiger partial charge in [-0.05, 0) is 38.7 Å². The Morgan fingerprint density at radius 2 is 2.22 bits per heavy atom. The minimum atomic E-state index is 0.489. The van der Waals surface area contributed by atoms with Crippen LogP contribution in [0.1, 0.15) is 50.4 Å². The zero-order chi connectivity index (χ0) is 13.0. The van der Waals surface area contributed by atoms with Gasteiger partial charge in [-0.1, -0.05) is 13.3 Å². The van der Waals surface area contributed by atoms with E-state index in [9.17, 15) is 0 Å². The third-order valence-corrected chi connectivity index (χ3v) is 3.61. The van der Waals surface area contributed by atoms with E-state index < -0.39 is 0 Å². The Bertz CT molecular complexity index is 389. The van der Waals surface area contributed by atoms with Crippen LogP contribution in [0.25, 0.3) is 0 Å². The van der Waals surface area contributed by atoms with Gasteiger partial charge in [-0.2, -0.15) is 0 Å². The lowest BCUT2D eigenvalue weighted by molar-refractivity contribution is 0.428. The molecule has 1 aliphatic heterocycles. The average Bonchev–Trinajstić information content (AvgIpc) is 2.39. The highest BCUT2D eigenvalue weighted by Crippen LogP contribution is 2.25. The van der Waals surface area contributed by atoms with Crippen LogP contribution in [-0.2, 0) is 6.54 Å². The molecule has 2 heterocycles. The summed E-state index contributed by atoms with van der Waals surface area (Å²) in [5, 5.41) is 0. The molecule has 18 heavy (non-hydrogen) atoms. The lowest BCUT2D eigenvalue weighted by Gasteiger charge is -2.36. The van der Waals surface area contributed by atoms with Crippen LogP contribution in [-0.4, -0.2) is 22.6 Å². The quantitative estimate of drug-likeness (QED) is 0.889. The van der Waals surface area contributed by atoms with Crippen molar-refractivity contribution in [2.24, 2.45) is 5.73 Å². The van der Waals surface area contributed by atoms with Crippen molar-refractivity contribution in [3.63, 3.8) is 0 Å². The van der Waals surface area contributed by atoms with Gasteiger partial charge in [0.05, 0.1) is 5.69 Å². The topological polar surface area (TPSA) is 55.0 Å². The summed E-state index contributed by atoms with van der Waals surface area (Å²) in [7, 11) is 0. The highest BCUT2D eigenvalue weighted by Gasteiger charge is 2.24. The van der Waals surface area contributed by atoms with Gasteiger partial charge in [0, 0.05) is 24.8 Å². The molecule has 2 rings (SSSR count). The summed E-state index contributed by atoms with van der Waals surface area (Å²) in [5.41, 5.74) is 7.66. The number of rotatable bonds is 4. The third kappa shape index (κ3) is 2.99. The molecule has 0 saturated carbocycles. The maximum absolute atomic E-state index is 5.70. The van der Waals surface area contributed by atoms with Crippen LogP contribution in [0.3, 0.4) is 0 Å². The summed E-state index contributed by atoms with van der Waals surface area (Å²) in [6.07, 6.45) is 6.29. The van der Waals surface area contributed by atoms with Crippen molar-refractivity contribution in [2.75, 3.05) is 11.4 Å². The predicted molar refractivity (Wildman–Crippen MR) is 74.6 cm³/mol. The van der Waals surface area contributed by atoms with Crippen LogP contribution in [0, 0.1) is 6.92 Å². The van der Waals surface area contributed by atoms with Gasteiger partial charge >= 0.3 is 0 Å². The number of nitrogens with zero attached hydrogens (tertiary/aromatic N) is 3. The first-order chi connectivity index (χ1) is 8.74. The maximum atomic E-state index is 5.70. The van der Waals surface area contributed by atoms with Crippen molar-refractivity contribution in [3.8, 4) is 0 Å². The number of hydrogen-bond donors (Lipinski definition) is 1. The molecule has 4 nitrogen and oxygen atoms in total. The van der Waals surface area contributed by atoms with Gasteiger partial charge < -0.3 is 10.6 Å². The smallest absolute Gasteiger partial charge is 0.226 e. The van der Waals surface area contributed by atoms with E-state index in [1.165, 1.54) is 32.1 Å². The second-order valence-corrected chi connectivity index (χ2v) is 5.14. The Morgan fingerprint density at radius 3 is 2.94 bits per heavy atom. The van der Waals surface area contributed by atoms with Gasteiger partial charge in [0.2, 0.25) is 5.95 Å². The average molecular weight is 248 g/mol. The van der Waals surface area contributed by atoms with Gasteiger partial charge in [0.1, 0.15) is 0 Å². The Morgan fingerprint density at radius 1 is 1.39 bits per heavy atom. The van der Waals surface area contributed by atoms with Crippen LogP contribution in [0.15, 0.2) is 6.07 Å². The molecule has 100 valence electrons. The van der Waals surface area contributed by atoms with Crippen LogP contribution < -0.4 is 10.6 Å². The zero-order valence-electron chi connectivity index (χ0n) is 11.5. The second kappa shape index (κ2) is 6.14. The van der Waals surface area contributed by atoms with Gasteiger partial charge in [-0.25, -0.2) is 9.97 Å². The van der Waals surface area contributed by atoms with E-state index in [0.717, 1.165) is 23.9 Å². The van der Waals surface area contributed by atoms with E-state index in [2.05, 4.69) is 21.8 Å². The number of aromatic nitrogens is 2. The van der Waals surface area contributed by atoms with E-state index >= 15 is 0 Å². The predicted octanol–water partition coefficient (Wildman–Crippen LogP) is 2.40. The summed E-state index contributed by atoms with van der Waals surface area (Å²) < 4.78 is 0. The molecule has 0 spiro atoms. The molecule has 0 bridgehead atoms. The molecule has 1 atom stereocenters. The number of hydrogen-bond acceptors (Lipinski definition) is 4. The highest BCUT2D eigenvalue weighted by molar-refractivity contribution is 5.34. The summed E-state index contributed by atoms with van der Waals surface area (Å²) in [5.74, 6) is 0.883. The number of aryl methyl sites for hydroxylation is 1. The maximum Gasteiger partial charge on any atom is 0.226 e. The summed E-state index contributed by atoms with van der Waals surface area (Å²) in [6.45, 7) is 5.83. The van der Waals surface area contributed by atoms with Crippen molar-refractivity contribution in [1.82, 2.24) is 9.97 Å². The second-order valence-electron chi connectivity index (χ2n) is 5.14. The number of piperidine rings is 1. The SMILES string of the molecule is CCCC1CCCCN1c1nc(C)cc(CN)n1. The Balaban J connectivity index is 2.24. The van der Waals surface area contributed by atoms with Gasteiger partial charge in [-0.15, -0.1) is 0 Å². The monoisotopic (exact) mass is 248 g/mol. The molecule has 2 N–H and O–H groups in total. The molecular formula is C14H24N4. The van der Waals surface area contributed by atoms with E-state index in [1.54, 1.807) is 0 Å². The molecule has 1 aliphatic rings. The van der Waals surface area contributed by atoms with Crippen LogP contribution in [0.4, 0.5) is 5.95 Å². The first-order valence-electron chi connectivity index (χ1n) is 7.06. The number of anilines is 1. The third-order valence-electron chi connectivity index (χ3n) is 3.61. The molecule has 1 aromatic rings. The fourth-order valence-electron chi connectivity index (χ4n) is 2.75. The van der Waals surface area contributed by atoms with Crippen molar-refractivity contribution < 1.29 is 0 Å². The Labute approximate surface area is 110 Å². The van der Waals surface area contributed by atoms with Crippen LogP contribution in [0.2, 0.25) is 0 Å². The van der Waals surface area contributed by atoms with Gasteiger partial charge in [0.25, 0.3) is 0 Å². The van der Waals surface area contributed by atoms with E-state index in [1.807, 2.05) is 13.0 Å². The first kappa shape index (κ1) is 13.3. The molecule has 1 unspecified atom stereocenters. The van der Waals surface area contributed by atoms with E-state index in [4.69, 9.17) is 5.73 Å². The molecule has 4 heteroatoms. The van der Waals surface area contributed by atoms with Crippen molar-refractivity contribution in [3.05, 3.63) is 17.5 Å². The number of nitrogens with two attached hydrogens (primary N) is 1. The largest absolute Gasteiger partial charge is 0.338 e. The molecule has 0 aliphatic carbocycles. The molecule has 1 fully saturated rings. The Hall–Kier alpha value is -1.16. The first-order valence-corrected chi connectivity index (χ1v) is 7.06. The fourth-order valence-corrected chi connectivity index (χ4v) is 2.75. The molecule has 0 radical (unpaired) electrons. The molecule has 1 aromatic heterocycles. The van der Waals surface area contributed by atoms with Crippen molar-refractivity contribution in [2.45, 2.75) is 58.5 Å². The standard InChI is InChI=1S/C14H24N4/c1-3-6-13-7-4-5-8-18(13)14-16-11(2)9-12(10-15)17-14/h9,13H,3-8,10,15H2,1-2H3. The molecule has 1 saturated heterocycles. The van der Waals surface area contributed by atoms with E-state index in [-0.39, 0.29) is 0 Å². The lowest BCUT2D eigenvalue weighted by Crippen LogP contribution is -2.40. The van der Waals surface area contributed by atoms with Gasteiger partial charge in [-0.3, -0.25) is 0 Å². The van der Waals surface area contributed by atoms with Crippen LogP contribution >= 0.6 is 0 Å². The highest BCUT2D eigenvalue weighted by atomic mass is 15.3. The summed E-state index contributed by atoms with van der Waals surface area (Å²) in [6, 6.07) is 2.58. The molecule has 0 aromatic carbocycles. The zero-order valence-corrected chi connectivity index (χ0v) is 11.5.